The van der Waals surface area contributed by atoms with E-state index in [4.69, 9.17) is 23.8 Å². The molecule has 0 unspecified atom stereocenters. The van der Waals surface area contributed by atoms with Gasteiger partial charge >= 0.3 is 0 Å². The molecule has 3 rings (SSSR count). The van der Waals surface area contributed by atoms with E-state index in [9.17, 15) is 14.9 Å². The second kappa shape index (κ2) is 6.72. The molecule has 0 N–H and O–H groups in total. The number of benzene rings is 2. The summed E-state index contributed by atoms with van der Waals surface area (Å²) in [5, 5.41) is 11.4. The van der Waals surface area contributed by atoms with Gasteiger partial charge in [0.25, 0.3) is 11.6 Å². The van der Waals surface area contributed by atoms with Crippen LogP contribution in [0.2, 0.25) is 5.02 Å². The molecule has 0 spiro atoms. The van der Waals surface area contributed by atoms with E-state index in [-0.39, 0.29) is 11.6 Å². The highest BCUT2D eigenvalue weighted by molar-refractivity contribution is 8.27. The van der Waals surface area contributed by atoms with Crippen LogP contribution in [-0.2, 0) is 4.79 Å². The summed E-state index contributed by atoms with van der Waals surface area (Å²) < 4.78 is 0.402. The van der Waals surface area contributed by atoms with Crippen LogP contribution in [0.4, 0.5) is 11.4 Å². The van der Waals surface area contributed by atoms with Crippen LogP contribution in [0.1, 0.15) is 5.56 Å². The van der Waals surface area contributed by atoms with Crippen LogP contribution in [-0.4, -0.2) is 15.2 Å². The smallest absolute Gasteiger partial charge is 0.268 e. The topological polar surface area (TPSA) is 63.4 Å². The summed E-state index contributed by atoms with van der Waals surface area (Å²) in [4.78, 5) is 24.8. The van der Waals surface area contributed by atoms with Crippen molar-refractivity contribution in [3.8, 4) is 0 Å². The molecule has 1 fully saturated rings. The highest BCUT2D eigenvalue weighted by Crippen LogP contribution is 2.36. The zero-order valence-corrected chi connectivity index (χ0v) is 14.4. The number of carbonyl (C=O) groups excluding carboxylic acids is 1. The lowest BCUT2D eigenvalue weighted by molar-refractivity contribution is -0.384. The molecule has 1 amide bonds. The number of non-ortho nitro benzene ring substituents is 1. The lowest BCUT2D eigenvalue weighted by Gasteiger charge is -2.14. The SMILES string of the molecule is O=C1/C(=C/c2cccc([N+](=O)[O-])c2)SC(=S)N1c1ccc(Cl)cc1. The Morgan fingerprint density at radius 1 is 1.21 bits per heavy atom. The number of thioether (sulfide) groups is 1. The molecule has 1 saturated heterocycles. The normalized spacial score (nSPS) is 16.0. The third kappa shape index (κ3) is 3.33. The Bertz CT molecular complexity index is 881. The van der Waals surface area contributed by atoms with Crippen LogP contribution in [0.25, 0.3) is 6.08 Å². The van der Waals surface area contributed by atoms with Crippen LogP contribution in [0.5, 0.6) is 0 Å². The Morgan fingerprint density at radius 3 is 2.58 bits per heavy atom. The number of nitrogens with zero attached hydrogens (tertiary/aromatic N) is 2. The maximum atomic E-state index is 12.6. The van der Waals surface area contributed by atoms with Gasteiger partial charge in [-0.2, -0.15) is 0 Å². The summed E-state index contributed by atoms with van der Waals surface area (Å²) >= 11 is 12.3. The van der Waals surface area contributed by atoms with E-state index in [1.807, 2.05) is 0 Å². The quantitative estimate of drug-likeness (QED) is 0.337. The first kappa shape index (κ1) is 16.6. The summed E-state index contributed by atoms with van der Waals surface area (Å²) in [5.41, 5.74) is 1.17. The standard InChI is InChI=1S/C16H9ClN2O3S2/c17-11-4-6-12(7-5-11)18-15(20)14(24-16(18)23)9-10-2-1-3-13(8-10)19(21)22/h1-9H/b14-9-. The molecule has 0 aromatic heterocycles. The zero-order chi connectivity index (χ0) is 17.3. The molecule has 0 radical (unpaired) electrons. The van der Waals surface area contributed by atoms with Gasteiger partial charge in [-0.05, 0) is 35.9 Å². The van der Waals surface area contributed by atoms with Gasteiger partial charge < -0.3 is 0 Å². The number of rotatable bonds is 3. The van der Waals surface area contributed by atoms with Crippen molar-refractivity contribution in [2.75, 3.05) is 4.90 Å². The van der Waals surface area contributed by atoms with Crippen LogP contribution >= 0.6 is 35.6 Å². The van der Waals surface area contributed by atoms with Gasteiger partial charge in [-0.25, -0.2) is 0 Å². The third-order valence-corrected chi connectivity index (χ3v) is 4.81. The number of hydrogen-bond acceptors (Lipinski definition) is 5. The molecule has 1 aliphatic heterocycles. The zero-order valence-electron chi connectivity index (χ0n) is 12.0. The van der Waals surface area contributed by atoms with Crippen LogP contribution in [0, 0.1) is 10.1 Å². The first-order valence-corrected chi connectivity index (χ1v) is 8.34. The Labute approximate surface area is 152 Å². The highest BCUT2D eigenvalue weighted by Gasteiger charge is 2.33. The van der Waals surface area contributed by atoms with Crippen molar-refractivity contribution in [1.82, 2.24) is 0 Å². The summed E-state index contributed by atoms with van der Waals surface area (Å²) in [7, 11) is 0. The maximum Gasteiger partial charge on any atom is 0.270 e. The van der Waals surface area contributed by atoms with Crippen molar-refractivity contribution >= 4 is 63.3 Å². The van der Waals surface area contributed by atoms with Crippen molar-refractivity contribution in [1.29, 1.82) is 0 Å². The number of halogens is 1. The van der Waals surface area contributed by atoms with Gasteiger partial charge in [-0.15, -0.1) is 0 Å². The predicted octanol–water partition coefficient (Wildman–Crippen LogP) is 4.65. The molecular weight excluding hydrogens is 368 g/mol. The van der Waals surface area contributed by atoms with Crippen LogP contribution < -0.4 is 4.90 Å². The van der Waals surface area contributed by atoms with Crippen LogP contribution in [0.3, 0.4) is 0 Å². The van der Waals surface area contributed by atoms with E-state index in [1.165, 1.54) is 17.0 Å². The van der Waals surface area contributed by atoms with E-state index in [0.29, 0.717) is 25.5 Å². The highest BCUT2D eigenvalue weighted by atomic mass is 35.5. The molecule has 120 valence electrons. The lowest BCUT2D eigenvalue weighted by Crippen LogP contribution is -2.27. The van der Waals surface area contributed by atoms with Gasteiger partial charge in [0, 0.05) is 17.2 Å². The minimum absolute atomic E-state index is 0.0306. The van der Waals surface area contributed by atoms with Crippen molar-refractivity contribution in [3.05, 3.63) is 74.1 Å². The second-order valence-electron chi connectivity index (χ2n) is 4.85. The van der Waals surface area contributed by atoms with Crippen molar-refractivity contribution in [2.24, 2.45) is 0 Å². The number of nitro benzene ring substituents is 1. The van der Waals surface area contributed by atoms with Crippen molar-refractivity contribution < 1.29 is 9.72 Å². The van der Waals surface area contributed by atoms with Gasteiger partial charge in [-0.1, -0.05) is 47.7 Å². The van der Waals surface area contributed by atoms with E-state index >= 15 is 0 Å². The van der Waals surface area contributed by atoms with Gasteiger partial charge in [0.1, 0.15) is 0 Å². The molecule has 0 atom stereocenters. The molecule has 0 bridgehead atoms. The number of hydrogen-bond donors (Lipinski definition) is 0. The molecule has 2 aromatic carbocycles. The van der Waals surface area contributed by atoms with Gasteiger partial charge in [0.2, 0.25) is 0 Å². The number of amides is 1. The van der Waals surface area contributed by atoms with Crippen molar-refractivity contribution in [3.63, 3.8) is 0 Å². The molecule has 8 heteroatoms. The van der Waals surface area contributed by atoms with Gasteiger partial charge in [-0.3, -0.25) is 19.8 Å². The fourth-order valence-corrected chi connectivity index (χ4v) is 3.58. The van der Waals surface area contributed by atoms with E-state index < -0.39 is 4.92 Å². The summed E-state index contributed by atoms with van der Waals surface area (Å²) in [6, 6.07) is 12.9. The third-order valence-electron chi connectivity index (χ3n) is 3.26. The molecule has 24 heavy (non-hydrogen) atoms. The fourth-order valence-electron chi connectivity index (χ4n) is 2.16. The number of thiocarbonyl (C=S) groups is 1. The van der Waals surface area contributed by atoms with Gasteiger partial charge in [0.05, 0.1) is 15.5 Å². The van der Waals surface area contributed by atoms with Gasteiger partial charge in [0.15, 0.2) is 4.32 Å². The average Bonchev–Trinajstić information content (AvgIpc) is 2.83. The summed E-state index contributed by atoms with van der Waals surface area (Å²) in [5.74, 6) is -0.265. The largest absolute Gasteiger partial charge is 0.270 e. The second-order valence-corrected chi connectivity index (χ2v) is 6.96. The number of nitro groups is 1. The van der Waals surface area contributed by atoms with E-state index in [0.717, 1.165) is 11.8 Å². The van der Waals surface area contributed by atoms with E-state index in [2.05, 4.69) is 0 Å². The summed E-state index contributed by atoms with van der Waals surface area (Å²) in [6.45, 7) is 0. The number of carbonyl (C=O) groups is 1. The minimum Gasteiger partial charge on any atom is -0.268 e. The van der Waals surface area contributed by atoms with E-state index in [1.54, 1.807) is 42.5 Å². The Kier molecular flexibility index (Phi) is 4.66. The molecule has 5 nitrogen and oxygen atoms in total. The van der Waals surface area contributed by atoms with Crippen LogP contribution in [0.15, 0.2) is 53.4 Å². The Hall–Kier alpha value is -2.22. The number of anilines is 1. The first-order valence-electron chi connectivity index (χ1n) is 6.74. The lowest BCUT2D eigenvalue weighted by atomic mass is 10.2. The summed E-state index contributed by atoms with van der Waals surface area (Å²) in [6.07, 6.45) is 1.60. The first-order chi connectivity index (χ1) is 11.5. The minimum atomic E-state index is -0.476. The Morgan fingerprint density at radius 2 is 1.92 bits per heavy atom. The maximum absolute atomic E-state index is 12.6. The monoisotopic (exact) mass is 376 g/mol. The molecule has 0 saturated carbocycles. The molecule has 2 aromatic rings. The molecule has 1 aliphatic rings. The Balaban J connectivity index is 1.92. The molecule has 1 heterocycles. The molecule has 0 aliphatic carbocycles. The predicted molar refractivity (Wildman–Crippen MR) is 100 cm³/mol. The van der Waals surface area contributed by atoms with Crippen molar-refractivity contribution in [2.45, 2.75) is 0 Å². The average molecular weight is 377 g/mol. The fraction of sp³-hybridized carbons (Fsp3) is 0. The molecular formula is C16H9ClN2O3S2.